The molecule has 0 bridgehead atoms. The number of nitrogens with one attached hydrogen (secondary N) is 2. The summed E-state index contributed by atoms with van der Waals surface area (Å²) < 4.78 is 0. The van der Waals surface area contributed by atoms with Gasteiger partial charge in [0.15, 0.2) is 0 Å². The van der Waals surface area contributed by atoms with Crippen LogP contribution in [0.5, 0.6) is 0 Å². The molecule has 1 aromatic rings. The number of hydrogen-bond donors (Lipinski definition) is 2. The largest absolute Gasteiger partial charge is 0.351 e. The van der Waals surface area contributed by atoms with Gasteiger partial charge in [-0.05, 0) is 19.1 Å². The van der Waals surface area contributed by atoms with Crippen molar-refractivity contribution in [3.8, 4) is 0 Å². The van der Waals surface area contributed by atoms with Crippen LogP contribution in [-0.4, -0.2) is 29.0 Å². The summed E-state index contributed by atoms with van der Waals surface area (Å²) in [5.74, 6) is -0.677. The highest BCUT2D eigenvalue weighted by Crippen LogP contribution is 2.11. The molecule has 0 saturated heterocycles. The maximum Gasteiger partial charge on any atom is 0.271 e. The highest BCUT2D eigenvalue weighted by molar-refractivity contribution is 5.95. The van der Waals surface area contributed by atoms with E-state index in [1.165, 1.54) is 31.2 Å². The zero-order valence-electron chi connectivity index (χ0n) is 11.0. The number of benzene rings is 1. The number of carbonyl (C=O) groups is 2. The van der Waals surface area contributed by atoms with Crippen molar-refractivity contribution in [2.24, 2.45) is 5.10 Å². The zero-order valence-corrected chi connectivity index (χ0v) is 11.0. The second kappa shape index (κ2) is 6.98. The van der Waals surface area contributed by atoms with Crippen molar-refractivity contribution in [1.29, 1.82) is 0 Å². The van der Waals surface area contributed by atoms with Crippen molar-refractivity contribution in [3.05, 3.63) is 39.9 Å². The third-order valence-electron chi connectivity index (χ3n) is 2.28. The van der Waals surface area contributed by atoms with Gasteiger partial charge in [0.2, 0.25) is 5.91 Å². The van der Waals surface area contributed by atoms with E-state index in [9.17, 15) is 19.7 Å². The first-order chi connectivity index (χ1) is 9.40. The fraction of sp³-hybridized carbons (Fsp3) is 0.250. The molecule has 0 aliphatic carbocycles. The zero-order chi connectivity index (χ0) is 15.1. The highest BCUT2D eigenvalue weighted by Gasteiger charge is 2.08. The molecule has 106 valence electrons. The molecule has 0 heterocycles. The van der Waals surface area contributed by atoms with E-state index >= 15 is 0 Å². The van der Waals surface area contributed by atoms with Crippen molar-refractivity contribution in [2.45, 2.75) is 13.8 Å². The first-order valence-electron chi connectivity index (χ1n) is 5.72. The van der Waals surface area contributed by atoms with E-state index in [2.05, 4.69) is 15.8 Å². The van der Waals surface area contributed by atoms with Crippen LogP contribution < -0.4 is 10.7 Å². The summed E-state index contributed by atoms with van der Waals surface area (Å²) in [4.78, 5) is 32.3. The molecule has 0 spiro atoms. The number of nitro groups is 1. The Labute approximate surface area is 115 Å². The lowest BCUT2D eigenvalue weighted by Crippen LogP contribution is -2.28. The average Bonchev–Trinajstić information content (AvgIpc) is 2.42. The maximum atomic E-state index is 11.7. The van der Waals surface area contributed by atoms with Gasteiger partial charge in [-0.15, -0.1) is 0 Å². The summed E-state index contributed by atoms with van der Waals surface area (Å²) in [6, 6.07) is 5.16. The normalized spacial score (nSPS) is 10.8. The summed E-state index contributed by atoms with van der Waals surface area (Å²) in [5, 5.41) is 16.8. The molecule has 0 fully saturated rings. The molecular weight excluding hydrogens is 264 g/mol. The van der Waals surface area contributed by atoms with Gasteiger partial charge in [0.05, 0.1) is 17.2 Å². The minimum atomic E-state index is -0.544. The van der Waals surface area contributed by atoms with Crippen LogP contribution >= 0.6 is 0 Å². The Hall–Kier alpha value is -2.77. The third-order valence-corrected chi connectivity index (χ3v) is 2.28. The maximum absolute atomic E-state index is 11.7. The molecule has 8 heteroatoms. The van der Waals surface area contributed by atoms with Gasteiger partial charge in [-0.1, -0.05) is 0 Å². The molecule has 2 N–H and O–H groups in total. The van der Waals surface area contributed by atoms with Crippen LogP contribution in [0.3, 0.4) is 0 Å². The highest BCUT2D eigenvalue weighted by atomic mass is 16.6. The molecule has 0 atom stereocenters. The molecule has 0 unspecified atom stereocenters. The van der Waals surface area contributed by atoms with Crippen molar-refractivity contribution < 1.29 is 14.5 Å². The minimum absolute atomic E-state index is 0.0908. The first-order valence-corrected chi connectivity index (χ1v) is 5.72. The van der Waals surface area contributed by atoms with Gasteiger partial charge >= 0.3 is 0 Å². The van der Waals surface area contributed by atoms with Gasteiger partial charge < -0.3 is 5.32 Å². The van der Waals surface area contributed by atoms with Crippen LogP contribution in [0.15, 0.2) is 29.4 Å². The second-order valence-corrected chi connectivity index (χ2v) is 4.00. The third kappa shape index (κ3) is 4.84. The lowest BCUT2D eigenvalue weighted by molar-refractivity contribution is -0.384. The quantitative estimate of drug-likeness (QED) is 0.471. The Kier molecular flexibility index (Phi) is 5.33. The average molecular weight is 278 g/mol. The van der Waals surface area contributed by atoms with Gasteiger partial charge in [0.25, 0.3) is 11.6 Å². The second-order valence-electron chi connectivity index (χ2n) is 4.00. The standard InChI is InChI=1S/C12H14N4O4/c1-8(7-13-9(2)17)14-15-12(18)10-3-5-11(6-4-10)16(19)20/h3-6H,7H2,1-2H3,(H,13,17)(H,15,18)/b14-8-. The van der Waals surface area contributed by atoms with Crippen molar-refractivity contribution in [2.75, 3.05) is 6.54 Å². The van der Waals surface area contributed by atoms with E-state index in [-0.39, 0.29) is 23.7 Å². The number of rotatable bonds is 5. The summed E-state index contributed by atoms with van der Waals surface area (Å²) in [7, 11) is 0. The van der Waals surface area contributed by atoms with E-state index in [1.807, 2.05) is 0 Å². The minimum Gasteiger partial charge on any atom is -0.351 e. The fourth-order valence-electron chi connectivity index (χ4n) is 1.24. The van der Waals surface area contributed by atoms with E-state index in [1.54, 1.807) is 6.92 Å². The van der Waals surface area contributed by atoms with Crippen molar-refractivity contribution in [1.82, 2.24) is 10.7 Å². The van der Waals surface area contributed by atoms with Crippen molar-refractivity contribution >= 4 is 23.2 Å². The summed E-state index contributed by atoms with van der Waals surface area (Å²) in [5.41, 5.74) is 2.99. The van der Waals surface area contributed by atoms with Crippen LogP contribution in [-0.2, 0) is 4.79 Å². The topological polar surface area (TPSA) is 114 Å². The Morgan fingerprint density at radius 2 is 1.85 bits per heavy atom. The molecular formula is C12H14N4O4. The number of hydrazone groups is 1. The van der Waals surface area contributed by atoms with Gasteiger partial charge in [-0.3, -0.25) is 19.7 Å². The number of amides is 2. The molecule has 0 radical (unpaired) electrons. The molecule has 8 nitrogen and oxygen atoms in total. The Morgan fingerprint density at radius 1 is 1.25 bits per heavy atom. The van der Waals surface area contributed by atoms with Crippen LogP contribution in [0, 0.1) is 10.1 Å². The Balaban J connectivity index is 2.60. The molecule has 0 aromatic heterocycles. The molecule has 0 saturated carbocycles. The van der Waals surface area contributed by atoms with Crippen LogP contribution in [0.2, 0.25) is 0 Å². The van der Waals surface area contributed by atoms with E-state index in [0.717, 1.165) is 0 Å². The molecule has 0 aliphatic heterocycles. The number of nitro benzene ring substituents is 1. The lowest BCUT2D eigenvalue weighted by Gasteiger charge is -2.03. The number of hydrogen-bond acceptors (Lipinski definition) is 5. The van der Waals surface area contributed by atoms with Gasteiger partial charge in [0, 0.05) is 24.6 Å². The van der Waals surface area contributed by atoms with E-state index < -0.39 is 10.8 Å². The SMILES string of the molecule is CC(=O)NC/C(C)=N\NC(=O)c1ccc([N+](=O)[O-])cc1. The van der Waals surface area contributed by atoms with Gasteiger partial charge in [-0.25, -0.2) is 5.43 Å². The van der Waals surface area contributed by atoms with Crippen LogP contribution in [0.1, 0.15) is 24.2 Å². The molecule has 1 rings (SSSR count). The van der Waals surface area contributed by atoms with Gasteiger partial charge in [0.1, 0.15) is 0 Å². The Bertz CT molecular complexity index is 551. The van der Waals surface area contributed by atoms with Crippen LogP contribution in [0.4, 0.5) is 5.69 Å². The molecule has 2 amide bonds. The smallest absolute Gasteiger partial charge is 0.271 e. The number of nitrogens with zero attached hydrogens (tertiary/aromatic N) is 2. The predicted molar refractivity (Wildman–Crippen MR) is 72.4 cm³/mol. The first kappa shape index (κ1) is 15.3. The fourth-order valence-corrected chi connectivity index (χ4v) is 1.24. The summed E-state index contributed by atoms with van der Waals surface area (Å²) in [6.07, 6.45) is 0. The number of carbonyl (C=O) groups excluding carboxylic acids is 2. The van der Waals surface area contributed by atoms with Crippen LogP contribution in [0.25, 0.3) is 0 Å². The number of non-ortho nitro benzene ring substituents is 1. The molecule has 1 aromatic carbocycles. The predicted octanol–water partition coefficient (Wildman–Crippen LogP) is 0.837. The van der Waals surface area contributed by atoms with E-state index in [0.29, 0.717) is 5.71 Å². The molecule has 20 heavy (non-hydrogen) atoms. The van der Waals surface area contributed by atoms with E-state index in [4.69, 9.17) is 0 Å². The van der Waals surface area contributed by atoms with Crippen molar-refractivity contribution in [3.63, 3.8) is 0 Å². The monoisotopic (exact) mass is 278 g/mol. The Morgan fingerprint density at radius 3 is 2.35 bits per heavy atom. The summed E-state index contributed by atoms with van der Waals surface area (Å²) in [6.45, 7) is 3.25. The lowest BCUT2D eigenvalue weighted by atomic mass is 10.2. The van der Waals surface area contributed by atoms with Gasteiger partial charge in [-0.2, -0.15) is 5.10 Å². The molecule has 0 aliphatic rings. The summed E-state index contributed by atoms with van der Waals surface area (Å²) >= 11 is 0.